The fraction of sp³-hybridized carbons (Fsp3) is 0.480. The molecule has 3 aliphatic heterocycles. The van der Waals surface area contributed by atoms with Crippen molar-refractivity contribution in [1.82, 2.24) is 9.80 Å². The second-order valence-electron chi connectivity index (χ2n) is 9.19. The zero-order valence-electron chi connectivity index (χ0n) is 18.6. The third kappa shape index (κ3) is 4.47. The van der Waals surface area contributed by atoms with Crippen LogP contribution in [0.15, 0.2) is 42.5 Å². The highest BCUT2D eigenvalue weighted by Crippen LogP contribution is 2.36. The number of aliphatic hydroxyl groups is 1. The van der Waals surface area contributed by atoms with E-state index in [1.807, 2.05) is 17.0 Å². The van der Waals surface area contributed by atoms with Gasteiger partial charge in [-0.15, -0.1) is 0 Å². The molecule has 0 saturated carbocycles. The molecule has 3 heterocycles. The minimum absolute atomic E-state index is 0.126. The van der Waals surface area contributed by atoms with Gasteiger partial charge in [0.25, 0.3) is 5.91 Å². The van der Waals surface area contributed by atoms with Crippen molar-refractivity contribution >= 4 is 23.2 Å². The van der Waals surface area contributed by atoms with Crippen molar-refractivity contribution in [3.63, 3.8) is 0 Å². The number of nitrogens with zero attached hydrogens (tertiary/aromatic N) is 3. The average Bonchev–Trinajstić information content (AvgIpc) is 2.84. The van der Waals surface area contributed by atoms with Gasteiger partial charge in [0.05, 0.1) is 24.5 Å². The van der Waals surface area contributed by atoms with E-state index in [1.165, 1.54) is 0 Å². The number of rotatable bonds is 3. The van der Waals surface area contributed by atoms with Crippen molar-refractivity contribution in [2.75, 3.05) is 57.4 Å². The Morgan fingerprint density at radius 3 is 2.61 bits per heavy atom. The van der Waals surface area contributed by atoms with E-state index >= 15 is 4.39 Å². The summed E-state index contributed by atoms with van der Waals surface area (Å²) < 4.78 is 20.7. The number of anilines is 1. The van der Waals surface area contributed by atoms with Crippen molar-refractivity contribution in [2.24, 2.45) is 0 Å². The lowest BCUT2D eigenvalue weighted by Gasteiger charge is -2.49. The number of halogens is 2. The number of benzene rings is 2. The van der Waals surface area contributed by atoms with Crippen LogP contribution in [0.3, 0.4) is 0 Å². The Labute approximate surface area is 198 Å². The first-order valence-electron chi connectivity index (χ1n) is 11.6. The Morgan fingerprint density at radius 1 is 1.09 bits per heavy atom. The van der Waals surface area contributed by atoms with Crippen LogP contribution in [-0.4, -0.2) is 79.3 Å². The van der Waals surface area contributed by atoms with Gasteiger partial charge in [0.2, 0.25) is 0 Å². The van der Waals surface area contributed by atoms with E-state index in [1.54, 1.807) is 35.2 Å². The van der Waals surface area contributed by atoms with Crippen molar-refractivity contribution in [2.45, 2.75) is 24.5 Å². The van der Waals surface area contributed by atoms with Crippen LogP contribution in [0, 0.1) is 5.82 Å². The predicted molar refractivity (Wildman–Crippen MR) is 125 cm³/mol. The third-order valence-corrected chi connectivity index (χ3v) is 7.44. The van der Waals surface area contributed by atoms with Gasteiger partial charge in [0.15, 0.2) is 5.82 Å². The van der Waals surface area contributed by atoms with Gasteiger partial charge in [-0.05, 0) is 42.7 Å². The number of amides is 1. The molecule has 0 aliphatic carbocycles. The summed E-state index contributed by atoms with van der Waals surface area (Å²) in [5.41, 5.74) is 0.534. The summed E-state index contributed by atoms with van der Waals surface area (Å²) in [5.74, 6) is -0.714. The van der Waals surface area contributed by atoms with Crippen LogP contribution in [-0.2, 0) is 10.3 Å². The van der Waals surface area contributed by atoms with E-state index in [4.69, 9.17) is 16.3 Å². The highest BCUT2D eigenvalue weighted by atomic mass is 35.5. The number of carbonyl (C=O) groups is 1. The highest BCUT2D eigenvalue weighted by Gasteiger charge is 2.42. The van der Waals surface area contributed by atoms with E-state index in [-0.39, 0.29) is 17.5 Å². The van der Waals surface area contributed by atoms with Gasteiger partial charge >= 0.3 is 0 Å². The van der Waals surface area contributed by atoms with Gasteiger partial charge < -0.3 is 19.6 Å². The SMILES string of the molecule is O=C(c1cccc(N2CCOCC2)c1F)N1CCN2C[C@@](O)(c3ccc(Cl)cc3)CC[C@@H]2C1. The van der Waals surface area contributed by atoms with Gasteiger partial charge in [-0.25, -0.2) is 4.39 Å². The molecule has 5 rings (SSSR count). The summed E-state index contributed by atoms with van der Waals surface area (Å²) in [5, 5.41) is 11.9. The van der Waals surface area contributed by atoms with E-state index in [0.717, 1.165) is 12.0 Å². The molecule has 2 aromatic rings. The molecule has 6 nitrogen and oxygen atoms in total. The van der Waals surface area contributed by atoms with Gasteiger partial charge in [-0.3, -0.25) is 9.69 Å². The summed E-state index contributed by atoms with van der Waals surface area (Å²) in [7, 11) is 0. The second-order valence-corrected chi connectivity index (χ2v) is 9.63. The minimum atomic E-state index is -0.925. The molecule has 33 heavy (non-hydrogen) atoms. The molecule has 8 heteroatoms. The number of piperazine rings is 1. The summed E-state index contributed by atoms with van der Waals surface area (Å²) in [6.07, 6.45) is 1.37. The first-order chi connectivity index (χ1) is 15.9. The maximum absolute atomic E-state index is 15.3. The second kappa shape index (κ2) is 9.22. The molecule has 3 aliphatic rings. The van der Waals surface area contributed by atoms with Gasteiger partial charge in [0, 0.05) is 50.3 Å². The quantitative estimate of drug-likeness (QED) is 0.742. The van der Waals surface area contributed by atoms with E-state index < -0.39 is 11.4 Å². The number of hydrogen-bond acceptors (Lipinski definition) is 5. The average molecular weight is 474 g/mol. The standard InChI is InChI=1S/C25H29ClFN3O3/c26-19-6-4-18(5-7-19)25(32)9-8-20-16-29(10-11-30(20)17-25)24(31)21-2-1-3-22(23(21)27)28-12-14-33-15-13-28/h1-7,20,32H,8-17H2/t20-,25-/m1/s1. The molecular weight excluding hydrogens is 445 g/mol. The Balaban J connectivity index is 1.27. The fourth-order valence-corrected chi connectivity index (χ4v) is 5.41. The minimum Gasteiger partial charge on any atom is -0.384 e. The maximum atomic E-state index is 15.3. The molecule has 2 aromatic carbocycles. The van der Waals surface area contributed by atoms with Crippen LogP contribution >= 0.6 is 11.6 Å². The summed E-state index contributed by atoms with van der Waals surface area (Å²) in [4.78, 5) is 19.2. The predicted octanol–water partition coefficient (Wildman–Crippen LogP) is 3.12. The normalized spacial score (nSPS) is 26.2. The molecular formula is C25H29ClFN3O3. The highest BCUT2D eigenvalue weighted by molar-refractivity contribution is 6.30. The maximum Gasteiger partial charge on any atom is 0.257 e. The molecule has 0 unspecified atom stereocenters. The first-order valence-corrected chi connectivity index (χ1v) is 12.0. The van der Waals surface area contributed by atoms with E-state index in [0.29, 0.717) is 69.6 Å². The number of piperidine rings is 1. The molecule has 3 fully saturated rings. The van der Waals surface area contributed by atoms with Crippen LogP contribution in [0.1, 0.15) is 28.8 Å². The van der Waals surface area contributed by atoms with E-state index in [9.17, 15) is 9.90 Å². The topological polar surface area (TPSA) is 56.2 Å². The van der Waals surface area contributed by atoms with Gasteiger partial charge in [-0.2, -0.15) is 0 Å². The molecule has 0 aromatic heterocycles. The lowest BCUT2D eigenvalue weighted by Crippen LogP contribution is -2.60. The van der Waals surface area contributed by atoms with Crippen LogP contribution < -0.4 is 4.90 Å². The zero-order chi connectivity index (χ0) is 23.0. The van der Waals surface area contributed by atoms with Crippen LogP contribution in [0.2, 0.25) is 5.02 Å². The Kier molecular flexibility index (Phi) is 6.31. The van der Waals surface area contributed by atoms with Crippen LogP contribution in [0.25, 0.3) is 0 Å². The van der Waals surface area contributed by atoms with Crippen molar-refractivity contribution < 1.29 is 19.0 Å². The number of morpholine rings is 1. The Morgan fingerprint density at radius 2 is 1.85 bits per heavy atom. The number of fused-ring (bicyclic) bond motifs is 1. The largest absolute Gasteiger partial charge is 0.384 e. The number of hydrogen-bond donors (Lipinski definition) is 1. The van der Waals surface area contributed by atoms with Gasteiger partial charge in [0.1, 0.15) is 5.60 Å². The molecule has 0 radical (unpaired) electrons. The molecule has 0 bridgehead atoms. The summed E-state index contributed by atoms with van der Waals surface area (Å²) in [6, 6.07) is 12.6. The summed E-state index contributed by atoms with van der Waals surface area (Å²) in [6.45, 7) is 4.56. The lowest BCUT2D eigenvalue weighted by molar-refractivity contribution is -0.0740. The first kappa shape index (κ1) is 22.6. The third-order valence-electron chi connectivity index (χ3n) is 7.19. The van der Waals surface area contributed by atoms with Crippen molar-refractivity contribution in [3.8, 4) is 0 Å². The molecule has 1 amide bonds. The van der Waals surface area contributed by atoms with E-state index in [2.05, 4.69) is 4.90 Å². The fourth-order valence-electron chi connectivity index (χ4n) is 5.28. The lowest BCUT2D eigenvalue weighted by atomic mass is 9.82. The number of carbonyl (C=O) groups excluding carboxylic acids is 1. The zero-order valence-corrected chi connectivity index (χ0v) is 19.3. The number of ether oxygens (including phenoxy) is 1. The molecule has 3 saturated heterocycles. The molecule has 0 spiro atoms. The smallest absolute Gasteiger partial charge is 0.257 e. The van der Waals surface area contributed by atoms with Crippen LogP contribution in [0.5, 0.6) is 0 Å². The Bertz CT molecular complexity index is 1010. The molecule has 1 N–H and O–H groups in total. The molecule has 2 atom stereocenters. The van der Waals surface area contributed by atoms with Gasteiger partial charge in [-0.1, -0.05) is 29.8 Å². The summed E-state index contributed by atoms with van der Waals surface area (Å²) >= 11 is 6.00. The van der Waals surface area contributed by atoms with Crippen LogP contribution in [0.4, 0.5) is 10.1 Å². The van der Waals surface area contributed by atoms with Crippen molar-refractivity contribution in [1.29, 1.82) is 0 Å². The van der Waals surface area contributed by atoms with Crippen molar-refractivity contribution in [3.05, 3.63) is 64.4 Å². The molecule has 176 valence electrons. The Hall–Kier alpha value is -2.19. The monoisotopic (exact) mass is 473 g/mol.